The van der Waals surface area contributed by atoms with E-state index >= 15 is 0 Å². The first kappa shape index (κ1) is 13.4. The molecule has 0 aromatic rings. The average molecular weight is 266 g/mol. The number of carboxylic acids is 1. The minimum Gasteiger partial charge on any atom is -0.481 e. The lowest BCUT2D eigenvalue weighted by Crippen LogP contribution is -2.49. The lowest BCUT2D eigenvalue weighted by molar-refractivity contribution is -0.188. The quantitative estimate of drug-likeness (QED) is 0.845. The van der Waals surface area contributed by atoms with Crippen molar-refractivity contribution in [2.24, 2.45) is 16.7 Å². The molecule has 0 aliphatic heterocycles. The smallest absolute Gasteiger partial charge is 0.306 e. The number of ether oxygens (including phenoxy) is 1. The molecule has 108 valence electrons. The van der Waals surface area contributed by atoms with Crippen LogP contribution in [0.4, 0.5) is 0 Å². The summed E-state index contributed by atoms with van der Waals surface area (Å²) in [4.78, 5) is 11.1. The summed E-state index contributed by atoms with van der Waals surface area (Å²) in [6.07, 6.45) is 7.10. The van der Waals surface area contributed by atoms with Crippen LogP contribution in [0.2, 0.25) is 0 Å². The highest BCUT2D eigenvalue weighted by Crippen LogP contribution is 2.67. The molecule has 3 fully saturated rings. The van der Waals surface area contributed by atoms with Gasteiger partial charge in [-0.1, -0.05) is 20.8 Å². The lowest BCUT2D eigenvalue weighted by atomic mass is 9.69. The van der Waals surface area contributed by atoms with Gasteiger partial charge >= 0.3 is 5.97 Å². The molecule has 0 heterocycles. The van der Waals surface area contributed by atoms with Crippen LogP contribution in [0, 0.1) is 16.7 Å². The maximum atomic E-state index is 11.1. The van der Waals surface area contributed by atoms with Crippen LogP contribution in [0.1, 0.15) is 65.7 Å². The van der Waals surface area contributed by atoms with Crippen LogP contribution in [0.5, 0.6) is 0 Å². The van der Waals surface area contributed by atoms with Crippen molar-refractivity contribution in [2.75, 3.05) is 0 Å². The fraction of sp³-hybridized carbons (Fsp3) is 0.938. The Labute approximate surface area is 115 Å². The van der Waals surface area contributed by atoms with Crippen molar-refractivity contribution in [1.82, 2.24) is 0 Å². The molecule has 3 unspecified atom stereocenters. The van der Waals surface area contributed by atoms with Crippen LogP contribution >= 0.6 is 0 Å². The third-order valence-electron chi connectivity index (χ3n) is 6.84. The van der Waals surface area contributed by atoms with Crippen LogP contribution in [0.3, 0.4) is 0 Å². The van der Waals surface area contributed by atoms with Gasteiger partial charge in [-0.15, -0.1) is 0 Å². The molecular formula is C16H26O3. The highest BCUT2D eigenvalue weighted by molar-refractivity contribution is 5.68. The minimum atomic E-state index is -0.715. The van der Waals surface area contributed by atoms with E-state index in [0.29, 0.717) is 5.41 Å². The fourth-order valence-electron chi connectivity index (χ4n) is 4.79. The predicted octanol–water partition coefficient (Wildman–Crippen LogP) is 3.62. The SMILES string of the molecule is CC1(C)C2CCC1(C)C(OC1(CC(=O)O)CCC1)C2. The molecule has 19 heavy (non-hydrogen) atoms. The van der Waals surface area contributed by atoms with Crippen LogP contribution in [0.15, 0.2) is 0 Å². The molecule has 0 radical (unpaired) electrons. The second-order valence-electron chi connectivity index (χ2n) is 7.82. The van der Waals surface area contributed by atoms with Crippen molar-refractivity contribution in [3.05, 3.63) is 0 Å². The Bertz CT molecular complexity index is 397. The van der Waals surface area contributed by atoms with Gasteiger partial charge in [0.1, 0.15) is 0 Å². The number of hydrogen-bond acceptors (Lipinski definition) is 2. The summed E-state index contributed by atoms with van der Waals surface area (Å²) in [5.74, 6) is 0.0386. The van der Waals surface area contributed by atoms with Gasteiger partial charge in [-0.05, 0) is 55.3 Å². The summed E-state index contributed by atoms with van der Waals surface area (Å²) < 4.78 is 6.44. The average Bonchev–Trinajstić information content (AvgIpc) is 2.58. The maximum Gasteiger partial charge on any atom is 0.306 e. The van der Waals surface area contributed by atoms with E-state index in [0.717, 1.165) is 31.6 Å². The van der Waals surface area contributed by atoms with Gasteiger partial charge in [0.05, 0.1) is 18.1 Å². The number of carbonyl (C=O) groups is 1. The third-order valence-corrected chi connectivity index (χ3v) is 6.84. The van der Waals surface area contributed by atoms with E-state index in [-0.39, 0.29) is 23.5 Å². The Morgan fingerprint density at radius 1 is 1.26 bits per heavy atom. The van der Waals surface area contributed by atoms with Gasteiger partial charge < -0.3 is 9.84 Å². The highest BCUT2D eigenvalue weighted by Gasteiger charge is 2.63. The van der Waals surface area contributed by atoms with E-state index < -0.39 is 5.97 Å². The monoisotopic (exact) mass is 266 g/mol. The van der Waals surface area contributed by atoms with Gasteiger partial charge in [0.15, 0.2) is 0 Å². The summed E-state index contributed by atoms with van der Waals surface area (Å²) in [5.41, 5.74) is 0.227. The van der Waals surface area contributed by atoms with Crippen LogP contribution < -0.4 is 0 Å². The topological polar surface area (TPSA) is 46.5 Å². The number of carboxylic acid groups (broad SMARTS) is 1. The minimum absolute atomic E-state index is 0.185. The molecule has 3 aliphatic carbocycles. The van der Waals surface area contributed by atoms with Gasteiger partial charge in [0.25, 0.3) is 0 Å². The van der Waals surface area contributed by atoms with Crippen molar-refractivity contribution < 1.29 is 14.6 Å². The molecule has 0 aromatic heterocycles. The molecule has 0 amide bonds. The first-order chi connectivity index (χ1) is 8.79. The van der Waals surface area contributed by atoms with Crippen molar-refractivity contribution in [1.29, 1.82) is 0 Å². The molecule has 0 aromatic carbocycles. The molecule has 2 bridgehead atoms. The van der Waals surface area contributed by atoms with Crippen molar-refractivity contribution in [2.45, 2.75) is 77.4 Å². The first-order valence-electron chi connectivity index (χ1n) is 7.69. The van der Waals surface area contributed by atoms with Crippen LogP contribution in [-0.4, -0.2) is 22.8 Å². The van der Waals surface area contributed by atoms with E-state index in [2.05, 4.69) is 20.8 Å². The summed E-state index contributed by atoms with van der Waals surface area (Å²) in [7, 11) is 0. The Balaban J connectivity index is 1.76. The van der Waals surface area contributed by atoms with Crippen molar-refractivity contribution in [3.8, 4) is 0 Å². The van der Waals surface area contributed by atoms with Gasteiger partial charge in [0.2, 0.25) is 0 Å². The molecule has 3 atom stereocenters. The van der Waals surface area contributed by atoms with Crippen molar-refractivity contribution in [3.63, 3.8) is 0 Å². The molecule has 3 aliphatic rings. The molecule has 3 rings (SSSR count). The molecular weight excluding hydrogens is 240 g/mol. The summed E-state index contributed by atoms with van der Waals surface area (Å²) in [5, 5.41) is 9.11. The van der Waals surface area contributed by atoms with Gasteiger partial charge in [-0.3, -0.25) is 4.79 Å². The van der Waals surface area contributed by atoms with Crippen molar-refractivity contribution >= 4 is 5.97 Å². The lowest BCUT2D eigenvalue weighted by Gasteiger charge is -2.48. The van der Waals surface area contributed by atoms with E-state index in [4.69, 9.17) is 9.84 Å². The fourth-order valence-corrected chi connectivity index (χ4v) is 4.79. The second kappa shape index (κ2) is 3.97. The van der Waals surface area contributed by atoms with Crippen LogP contribution in [-0.2, 0) is 9.53 Å². The Morgan fingerprint density at radius 3 is 2.32 bits per heavy atom. The van der Waals surface area contributed by atoms with E-state index in [1.807, 2.05) is 0 Å². The molecule has 3 nitrogen and oxygen atoms in total. The zero-order valence-electron chi connectivity index (χ0n) is 12.4. The summed E-state index contributed by atoms with van der Waals surface area (Å²) in [6, 6.07) is 0. The zero-order valence-corrected chi connectivity index (χ0v) is 12.4. The Morgan fingerprint density at radius 2 is 1.95 bits per heavy atom. The Kier molecular flexibility index (Phi) is 2.80. The van der Waals surface area contributed by atoms with E-state index in [1.165, 1.54) is 12.8 Å². The zero-order chi connectivity index (χ0) is 13.9. The molecule has 0 spiro atoms. The maximum absolute atomic E-state index is 11.1. The largest absolute Gasteiger partial charge is 0.481 e. The number of aliphatic carboxylic acids is 1. The number of rotatable bonds is 4. The number of hydrogen-bond donors (Lipinski definition) is 1. The normalized spacial score (nSPS) is 42.1. The highest BCUT2D eigenvalue weighted by atomic mass is 16.5. The molecule has 1 N–H and O–H groups in total. The third kappa shape index (κ3) is 1.77. The predicted molar refractivity (Wildman–Crippen MR) is 72.9 cm³/mol. The summed E-state index contributed by atoms with van der Waals surface area (Å²) >= 11 is 0. The van der Waals surface area contributed by atoms with Gasteiger partial charge in [-0.25, -0.2) is 0 Å². The van der Waals surface area contributed by atoms with Crippen LogP contribution in [0.25, 0.3) is 0 Å². The first-order valence-corrected chi connectivity index (χ1v) is 7.69. The standard InChI is InChI=1S/C16H26O3/c1-14(2)11-5-8-15(14,3)12(9-11)19-16(6-4-7-16)10-13(17)18/h11-12H,4-10H2,1-3H3,(H,17,18). The molecule has 3 saturated carbocycles. The molecule has 3 heteroatoms. The van der Waals surface area contributed by atoms with E-state index in [1.54, 1.807) is 0 Å². The van der Waals surface area contributed by atoms with Gasteiger partial charge in [0, 0.05) is 0 Å². The van der Waals surface area contributed by atoms with E-state index in [9.17, 15) is 4.79 Å². The molecule has 0 saturated heterocycles. The second-order valence-corrected chi connectivity index (χ2v) is 7.82. The van der Waals surface area contributed by atoms with Gasteiger partial charge in [-0.2, -0.15) is 0 Å². The summed E-state index contributed by atoms with van der Waals surface area (Å²) in [6.45, 7) is 7.11. The Hall–Kier alpha value is -0.570. The number of fused-ring (bicyclic) bond motifs is 2.